The molecule has 3 aromatic rings. The number of rotatable bonds is 6. The Morgan fingerprint density at radius 3 is 2.64 bits per heavy atom. The van der Waals surface area contributed by atoms with Gasteiger partial charge in [0.1, 0.15) is 11.3 Å². The van der Waals surface area contributed by atoms with Crippen LogP contribution in [0.2, 0.25) is 0 Å². The Kier molecular flexibility index (Phi) is 6.05. The number of nitrogens with zero attached hydrogens (tertiary/aromatic N) is 2. The third kappa shape index (κ3) is 4.12. The fraction of sp³-hybridized carbons (Fsp3) is 0.125. The predicted octanol–water partition coefficient (Wildman–Crippen LogP) is 4.09. The molecule has 0 bridgehead atoms. The Bertz CT molecular complexity index is 911. The lowest BCUT2D eigenvalue weighted by Crippen LogP contribution is -2.13. The van der Waals surface area contributed by atoms with Crippen molar-refractivity contribution in [3.63, 3.8) is 0 Å². The zero-order valence-electron chi connectivity index (χ0n) is 13.1. The Morgan fingerprint density at radius 1 is 1.28 bits per heavy atom. The fourth-order valence-electron chi connectivity index (χ4n) is 2.19. The summed E-state index contributed by atoms with van der Waals surface area (Å²) < 4.78 is 6.22. The summed E-state index contributed by atoms with van der Waals surface area (Å²) in [5.41, 5.74) is 1.11. The van der Waals surface area contributed by atoms with Gasteiger partial charge in [-0.2, -0.15) is 0 Å². The van der Waals surface area contributed by atoms with Crippen LogP contribution in [-0.4, -0.2) is 29.3 Å². The van der Waals surface area contributed by atoms with Crippen LogP contribution in [0.5, 0.6) is 5.75 Å². The van der Waals surface area contributed by atoms with Crippen LogP contribution in [0.3, 0.4) is 0 Å². The number of benzene rings is 2. The number of halogens is 1. The summed E-state index contributed by atoms with van der Waals surface area (Å²) >= 11 is 1.43. The summed E-state index contributed by atoms with van der Waals surface area (Å²) in [6, 6.07) is 11.2. The van der Waals surface area contributed by atoms with Gasteiger partial charge in [0, 0.05) is 17.7 Å². The van der Waals surface area contributed by atoms with Crippen LogP contribution in [0.1, 0.15) is 10.4 Å². The average Bonchev–Trinajstić information content (AvgIpc) is 3.02. The number of aromatic nitrogens is 1. The minimum atomic E-state index is -0.499. The lowest BCUT2D eigenvalue weighted by Gasteiger charge is -2.02. The van der Waals surface area contributed by atoms with Gasteiger partial charge in [0.15, 0.2) is 10.9 Å². The molecule has 130 valence electrons. The number of non-ortho nitro benzene ring substituents is 1. The van der Waals surface area contributed by atoms with Crippen molar-refractivity contribution in [2.45, 2.75) is 0 Å². The molecular weight excluding hydrogens is 410 g/mol. The first kappa shape index (κ1) is 18.8. The zero-order valence-corrected chi connectivity index (χ0v) is 15.6. The third-order valence-electron chi connectivity index (χ3n) is 3.40. The first-order valence-electron chi connectivity index (χ1n) is 7.03. The number of nitro benzene ring substituents is 1. The van der Waals surface area contributed by atoms with Gasteiger partial charge >= 0.3 is 0 Å². The first-order valence-corrected chi connectivity index (χ1v) is 7.85. The number of fused-ring (bicyclic) bond motifs is 1. The topological polar surface area (TPSA) is 94.4 Å². The maximum atomic E-state index is 12.2. The standard InChI is InChI=1S/C16H13N3O4S.BrH/c1-23-13-3-2-4-14-15(13)18-16(24-14)17-9-12(20)10-5-7-11(8-6-10)19(21)22;/h2-8H,9H2,1H3,(H,17,18);1H. The van der Waals surface area contributed by atoms with E-state index in [1.54, 1.807) is 7.11 Å². The molecule has 0 spiro atoms. The molecule has 0 aliphatic heterocycles. The summed E-state index contributed by atoms with van der Waals surface area (Å²) in [6.07, 6.45) is 0. The van der Waals surface area contributed by atoms with Crippen molar-refractivity contribution in [3.05, 3.63) is 58.1 Å². The molecule has 0 unspecified atom stereocenters. The Labute approximate surface area is 157 Å². The summed E-state index contributed by atoms with van der Waals surface area (Å²) in [4.78, 5) is 26.7. The number of nitro groups is 1. The third-order valence-corrected chi connectivity index (χ3v) is 4.38. The molecule has 0 atom stereocenters. The minimum absolute atomic E-state index is 0. The van der Waals surface area contributed by atoms with Gasteiger partial charge in [0.2, 0.25) is 0 Å². The smallest absolute Gasteiger partial charge is 0.269 e. The van der Waals surface area contributed by atoms with Crippen molar-refractivity contribution in [3.8, 4) is 5.75 Å². The number of ketones is 1. The maximum absolute atomic E-state index is 12.2. The highest BCUT2D eigenvalue weighted by Crippen LogP contribution is 2.31. The second-order valence-electron chi connectivity index (χ2n) is 4.91. The summed E-state index contributed by atoms with van der Waals surface area (Å²) in [5, 5.41) is 14.2. The summed E-state index contributed by atoms with van der Waals surface area (Å²) in [7, 11) is 1.58. The van der Waals surface area contributed by atoms with Gasteiger partial charge in [-0.15, -0.1) is 17.0 Å². The van der Waals surface area contributed by atoms with Gasteiger partial charge in [0.05, 0.1) is 23.3 Å². The van der Waals surface area contributed by atoms with E-state index in [4.69, 9.17) is 4.74 Å². The van der Waals surface area contributed by atoms with E-state index in [2.05, 4.69) is 10.3 Å². The van der Waals surface area contributed by atoms with Crippen molar-refractivity contribution in [1.29, 1.82) is 0 Å². The van der Waals surface area contributed by atoms with Gasteiger partial charge < -0.3 is 10.1 Å². The Morgan fingerprint density at radius 2 is 2.00 bits per heavy atom. The molecule has 1 N–H and O–H groups in total. The highest BCUT2D eigenvalue weighted by atomic mass is 79.9. The number of hydrogen-bond acceptors (Lipinski definition) is 7. The molecule has 0 saturated carbocycles. The number of carbonyl (C=O) groups is 1. The molecule has 0 aliphatic rings. The molecule has 0 amide bonds. The SMILES string of the molecule is Br.COc1cccc2sc(NCC(=O)c3ccc([N+](=O)[O-])cc3)nc12. The Balaban J connectivity index is 0.00000225. The lowest BCUT2D eigenvalue weighted by atomic mass is 10.1. The largest absolute Gasteiger partial charge is 0.494 e. The molecular formula is C16H14BrN3O4S. The van der Waals surface area contributed by atoms with Gasteiger partial charge in [-0.05, 0) is 24.3 Å². The lowest BCUT2D eigenvalue weighted by molar-refractivity contribution is -0.384. The number of hydrogen-bond donors (Lipinski definition) is 1. The number of Topliss-reactive ketones (excluding diaryl/α,β-unsaturated/α-hetero) is 1. The second kappa shape index (κ2) is 8.04. The van der Waals surface area contributed by atoms with Gasteiger partial charge in [-0.3, -0.25) is 14.9 Å². The average molecular weight is 424 g/mol. The molecule has 1 aromatic heterocycles. The van der Waals surface area contributed by atoms with Gasteiger partial charge in [-0.1, -0.05) is 17.4 Å². The number of para-hydroxylation sites is 1. The van der Waals surface area contributed by atoms with Crippen molar-refractivity contribution >= 4 is 55.1 Å². The van der Waals surface area contributed by atoms with Crippen molar-refractivity contribution in [1.82, 2.24) is 4.98 Å². The number of ether oxygens (including phenoxy) is 1. The van der Waals surface area contributed by atoms with E-state index in [1.807, 2.05) is 18.2 Å². The summed E-state index contributed by atoms with van der Waals surface area (Å²) in [5.74, 6) is 0.509. The highest BCUT2D eigenvalue weighted by Gasteiger charge is 2.12. The number of nitrogens with one attached hydrogen (secondary N) is 1. The first-order chi connectivity index (χ1) is 11.6. The molecule has 0 aliphatic carbocycles. The molecule has 3 rings (SSSR count). The van der Waals surface area contributed by atoms with Crippen LogP contribution in [0.4, 0.5) is 10.8 Å². The van der Waals surface area contributed by atoms with E-state index >= 15 is 0 Å². The molecule has 25 heavy (non-hydrogen) atoms. The van der Waals surface area contributed by atoms with E-state index in [0.29, 0.717) is 16.4 Å². The quantitative estimate of drug-likeness (QED) is 0.364. The van der Waals surface area contributed by atoms with E-state index in [0.717, 1.165) is 10.2 Å². The Hall–Kier alpha value is -2.52. The van der Waals surface area contributed by atoms with Crippen molar-refractivity contribution < 1.29 is 14.5 Å². The van der Waals surface area contributed by atoms with Crippen LogP contribution in [0, 0.1) is 10.1 Å². The van der Waals surface area contributed by atoms with E-state index in [1.165, 1.54) is 35.6 Å². The normalized spacial score (nSPS) is 10.1. The summed E-state index contributed by atoms with van der Waals surface area (Å²) in [6.45, 7) is 0.0555. The maximum Gasteiger partial charge on any atom is 0.269 e. The van der Waals surface area contributed by atoms with Gasteiger partial charge in [-0.25, -0.2) is 4.98 Å². The molecule has 9 heteroatoms. The van der Waals surface area contributed by atoms with Crippen LogP contribution < -0.4 is 10.1 Å². The van der Waals surface area contributed by atoms with Crippen LogP contribution >= 0.6 is 28.3 Å². The minimum Gasteiger partial charge on any atom is -0.494 e. The number of methoxy groups -OCH3 is 1. The van der Waals surface area contributed by atoms with Crippen LogP contribution in [0.15, 0.2) is 42.5 Å². The molecule has 7 nitrogen and oxygen atoms in total. The molecule has 0 saturated heterocycles. The molecule has 2 aromatic carbocycles. The van der Waals surface area contributed by atoms with Crippen molar-refractivity contribution in [2.75, 3.05) is 19.0 Å². The molecule has 0 radical (unpaired) electrons. The van der Waals surface area contributed by atoms with Crippen LogP contribution in [0.25, 0.3) is 10.2 Å². The van der Waals surface area contributed by atoms with E-state index < -0.39 is 4.92 Å². The predicted molar refractivity (Wildman–Crippen MR) is 102 cm³/mol. The highest BCUT2D eigenvalue weighted by molar-refractivity contribution is 8.93. The van der Waals surface area contributed by atoms with Crippen LogP contribution in [-0.2, 0) is 0 Å². The number of anilines is 1. The number of carbonyl (C=O) groups excluding carboxylic acids is 1. The zero-order chi connectivity index (χ0) is 17.1. The van der Waals surface area contributed by atoms with E-state index in [9.17, 15) is 14.9 Å². The van der Waals surface area contributed by atoms with Crippen molar-refractivity contribution in [2.24, 2.45) is 0 Å². The van der Waals surface area contributed by atoms with E-state index in [-0.39, 0.29) is 35.0 Å². The second-order valence-corrected chi connectivity index (χ2v) is 5.94. The number of thiazole rings is 1. The monoisotopic (exact) mass is 423 g/mol. The molecule has 1 heterocycles. The van der Waals surface area contributed by atoms with Gasteiger partial charge in [0.25, 0.3) is 5.69 Å². The molecule has 0 fully saturated rings. The fourth-order valence-corrected chi connectivity index (χ4v) is 3.07.